The summed E-state index contributed by atoms with van der Waals surface area (Å²) in [5, 5.41) is 11.4. The first kappa shape index (κ1) is 15.1. The average Bonchev–Trinajstić information content (AvgIpc) is 2.41. The highest BCUT2D eigenvalue weighted by Crippen LogP contribution is 2.27. The van der Waals surface area contributed by atoms with Gasteiger partial charge in [-0.05, 0) is 12.1 Å². The minimum Gasteiger partial charge on any atom is -0.478 e. The number of pyridine rings is 1. The fourth-order valence-corrected chi connectivity index (χ4v) is 2.03. The van der Waals surface area contributed by atoms with Gasteiger partial charge >= 0.3 is 5.97 Å². The molecule has 5 nitrogen and oxygen atoms in total. The number of nitrogens with zero attached hydrogens (tertiary/aromatic N) is 1. The lowest BCUT2D eigenvalue weighted by atomic mass is 9.96. The van der Waals surface area contributed by atoms with Gasteiger partial charge in [-0.15, -0.1) is 0 Å². The summed E-state index contributed by atoms with van der Waals surface area (Å²) in [6.07, 6.45) is 1.11. The molecule has 2 radical (unpaired) electrons. The molecule has 0 saturated heterocycles. The summed E-state index contributed by atoms with van der Waals surface area (Å²) in [4.78, 5) is 23.0. The molecular weight excluding hydrogens is 297 g/mol. The lowest BCUT2D eigenvalue weighted by Crippen LogP contribution is -2.21. The Kier molecular flexibility index (Phi) is 4.04. The first-order valence-corrected chi connectivity index (χ1v) is 6.13. The Bertz CT molecular complexity index is 792. The highest BCUT2D eigenvalue weighted by molar-refractivity contribution is 6.34. The van der Waals surface area contributed by atoms with Gasteiger partial charge in [0.2, 0.25) is 0 Å². The maximum atomic E-state index is 13.8. The second kappa shape index (κ2) is 5.61. The Hall–Kier alpha value is -2.28. The van der Waals surface area contributed by atoms with Crippen LogP contribution in [-0.2, 0) is 7.05 Å². The van der Waals surface area contributed by atoms with E-state index < -0.39 is 17.3 Å². The monoisotopic (exact) mass is 306 g/mol. The number of anilines is 2. The molecule has 0 spiro atoms. The Morgan fingerprint density at radius 3 is 2.71 bits per heavy atom. The van der Waals surface area contributed by atoms with Gasteiger partial charge in [0.15, 0.2) is 0 Å². The molecule has 0 aliphatic rings. The number of carboxylic acids is 1. The minimum atomic E-state index is -1.30. The molecule has 1 heterocycles. The van der Waals surface area contributed by atoms with Crippen LogP contribution in [0.4, 0.5) is 15.8 Å². The molecule has 0 aliphatic carbocycles. The average molecular weight is 306 g/mol. The van der Waals surface area contributed by atoms with E-state index in [1.165, 1.54) is 19.2 Å². The molecule has 0 atom stereocenters. The number of halogens is 2. The number of carbonyl (C=O) groups is 1. The third-order valence-corrected chi connectivity index (χ3v) is 3.15. The summed E-state index contributed by atoms with van der Waals surface area (Å²) in [5.74, 6) is -1.99. The van der Waals surface area contributed by atoms with E-state index in [1.54, 1.807) is 0 Å². The van der Waals surface area contributed by atoms with Crippen LogP contribution in [0.1, 0.15) is 10.4 Å². The van der Waals surface area contributed by atoms with E-state index in [0.717, 1.165) is 16.8 Å². The maximum Gasteiger partial charge on any atom is 0.339 e. The molecule has 2 rings (SSSR count). The molecule has 21 heavy (non-hydrogen) atoms. The van der Waals surface area contributed by atoms with Crippen LogP contribution in [0.25, 0.3) is 0 Å². The summed E-state index contributed by atoms with van der Waals surface area (Å²) in [6.45, 7) is 0. The van der Waals surface area contributed by atoms with Gasteiger partial charge in [0.05, 0.1) is 11.4 Å². The van der Waals surface area contributed by atoms with E-state index in [9.17, 15) is 14.0 Å². The lowest BCUT2D eigenvalue weighted by Gasteiger charge is -2.13. The standard InChI is InChI=1S/C13H9BClFN2O3/c1-18-5-7(13(20)21)11(10(15)12(18)19)17-9-3-2-6(14)4-8(9)16/h2-5,17H,1H3,(H,20,21). The molecule has 0 amide bonds. The highest BCUT2D eigenvalue weighted by atomic mass is 35.5. The van der Waals surface area contributed by atoms with Gasteiger partial charge in [0, 0.05) is 13.2 Å². The number of aromatic nitrogens is 1. The third-order valence-electron chi connectivity index (χ3n) is 2.80. The zero-order valence-corrected chi connectivity index (χ0v) is 11.6. The van der Waals surface area contributed by atoms with E-state index in [1.807, 2.05) is 0 Å². The zero-order valence-electron chi connectivity index (χ0n) is 10.9. The fraction of sp³-hybridized carbons (Fsp3) is 0.0769. The summed E-state index contributed by atoms with van der Waals surface area (Å²) in [7, 11) is 6.80. The largest absolute Gasteiger partial charge is 0.478 e. The van der Waals surface area contributed by atoms with Crippen LogP contribution in [-0.4, -0.2) is 23.5 Å². The quantitative estimate of drug-likeness (QED) is 0.841. The highest BCUT2D eigenvalue weighted by Gasteiger charge is 2.19. The molecular formula is C13H9BClFN2O3. The van der Waals surface area contributed by atoms with Crippen molar-refractivity contribution in [1.82, 2.24) is 4.57 Å². The van der Waals surface area contributed by atoms with Gasteiger partial charge in [-0.25, -0.2) is 9.18 Å². The van der Waals surface area contributed by atoms with Crippen LogP contribution in [0.5, 0.6) is 0 Å². The van der Waals surface area contributed by atoms with Gasteiger partial charge in [0.25, 0.3) is 5.56 Å². The Labute approximate surface area is 125 Å². The molecule has 0 aliphatic heterocycles. The van der Waals surface area contributed by atoms with E-state index in [2.05, 4.69) is 5.32 Å². The summed E-state index contributed by atoms with van der Waals surface area (Å²) >= 11 is 5.87. The van der Waals surface area contributed by atoms with Gasteiger partial charge in [-0.3, -0.25) is 4.79 Å². The predicted octanol–water partition coefficient (Wildman–Crippen LogP) is 1.41. The van der Waals surface area contributed by atoms with Crippen molar-refractivity contribution in [2.75, 3.05) is 5.32 Å². The van der Waals surface area contributed by atoms with Crippen LogP contribution in [0.3, 0.4) is 0 Å². The van der Waals surface area contributed by atoms with Crippen molar-refractivity contribution >= 4 is 42.3 Å². The van der Waals surface area contributed by atoms with Crippen LogP contribution >= 0.6 is 11.6 Å². The molecule has 1 aromatic carbocycles. The first-order valence-electron chi connectivity index (χ1n) is 5.75. The number of rotatable bonds is 3. The van der Waals surface area contributed by atoms with Crippen molar-refractivity contribution in [2.45, 2.75) is 0 Å². The lowest BCUT2D eigenvalue weighted by molar-refractivity contribution is 0.0697. The van der Waals surface area contributed by atoms with E-state index in [4.69, 9.17) is 24.6 Å². The zero-order chi connectivity index (χ0) is 15.7. The number of hydrogen-bond donors (Lipinski definition) is 2. The van der Waals surface area contributed by atoms with E-state index >= 15 is 0 Å². The second-order valence-corrected chi connectivity index (χ2v) is 4.70. The fourth-order valence-electron chi connectivity index (χ4n) is 1.75. The van der Waals surface area contributed by atoms with Gasteiger partial charge < -0.3 is 15.0 Å². The van der Waals surface area contributed by atoms with Crippen LogP contribution < -0.4 is 16.3 Å². The Balaban J connectivity index is 2.60. The molecule has 106 valence electrons. The van der Waals surface area contributed by atoms with Crippen molar-refractivity contribution in [3.8, 4) is 0 Å². The molecule has 2 aromatic rings. The molecule has 0 saturated carbocycles. The van der Waals surface area contributed by atoms with Crippen molar-refractivity contribution in [3.63, 3.8) is 0 Å². The topological polar surface area (TPSA) is 71.3 Å². The number of benzene rings is 1. The Morgan fingerprint density at radius 1 is 1.48 bits per heavy atom. The Morgan fingerprint density at radius 2 is 2.14 bits per heavy atom. The number of aryl methyl sites for hydroxylation is 1. The maximum absolute atomic E-state index is 13.8. The smallest absolute Gasteiger partial charge is 0.339 e. The van der Waals surface area contributed by atoms with Crippen LogP contribution in [0.2, 0.25) is 5.02 Å². The number of nitrogens with one attached hydrogen (secondary N) is 1. The third kappa shape index (κ3) is 2.92. The summed E-state index contributed by atoms with van der Waals surface area (Å²) < 4.78 is 14.8. The minimum absolute atomic E-state index is 0.0400. The SMILES string of the molecule is [B]c1ccc(Nc2c(C(=O)O)cn(C)c(=O)c2Cl)c(F)c1. The second-order valence-electron chi connectivity index (χ2n) is 4.32. The first-order chi connectivity index (χ1) is 9.81. The van der Waals surface area contributed by atoms with E-state index in [-0.39, 0.29) is 27.4 Å². The molecule has 0 fully saturated rings. The number of aromatic carboxylic acids is 1. The molecule has 0 unspecified atom stereocenters. The van der Waals surface area contributed by atoms with Crippen LogP contribution in [0, 0.1) is 5.82 Å². The van der Waals surface area contributed by atoms with Crippen LogP contribution in [0.15, 0.2) is 29.2 Å². The number of carboxylic acid groups (broad SMARTS) is 1. The van der Waals surface area contributed by atoms with Crippen molar-refractivity contribution in [2.24, 2.45) is 7.05 Å². The van der Waals surface area contributed by atoms with Crippen molar-refractivity contribution in [1.29, 1.82) is 0 Å². The summed E-state index contributed by atoms with van der Waals surface area (Å²) in [6, 6.07) is 3.82. The molecule has 8 heteroatoms. The van der Waals surface area contributed by atoms with Crippen molar-refractivity contribution in [3.05, 3.63) is 51.2 Å². The van der Waals surface area contributed by atoms with Gasteiger partial charge in [-0.2, -0.15) is 0 Å². The summed E-state index contributed by atoms with van der Waals surface area (Å²) in [5.41, 5.74) is -0.845. The normalized spacial score (nSPS) is 10.4. The predicted molar refractivity (Wildman–Crippen MR) is 78.7 cm³/mol. The van der Waals surface area contributed by atoms with Gasteiger partial charge in [0.1, 0.15) is 24.2 Å². The van der Waals surface area contributed by atoms with E-state index in [0.29, 0.717) is 0 Å². The number of hydrogen-bond acceptors (Lipinski definition) is 3. The van der Waals surface area contributed by atoms with Gasteiger partial charge in [-0.1, -0.05) is 23.1 Å². The molecule has 2 N–H and O–H groups in total. The van der Waals surface area contributed by atoms with Crippen molar-refractivity contribution < 1.29 is 14.3 Å². The molecule has 1 aromatic heterocycles. The molecule has 0 bridgehead atoms.